The summed E-state index contributed by atoms with van der Waals surface area (Å²) in [5.74, 6) is 1.26. The summed E-state index contributed by atoms with van der Waals surface area (Å²) in [5.41, 5.74) is 2.65. The summed E-state index contributed by atoms with van der Waals surface area (Å²) in [6, 6.07) is 0. The van der Waals surface area contributed by atoms with Crippen LogP contribution in [0.1, 0.15) is 66.2 Å². The molecule has 0 bridgehead atoms. The fourth-order valence-corrected chi connectivity index (χ4v) is 2.65. The Morgan fingerprint density at radius 3 is 2.55 bits per heavy atom. The second-order valence-corrected chi connectivity index (χ2v) is 6.49. The van der Waals surface area contributed by atoms with Crippen molar-refractivity contribution in [2.45, 2.75) is 66.2 Å². The lowest BCUT2D eigenvalue weighted by Crippen LogP contribution is -2.19. The molecule has 0 aliphatic heterocycles. The van der Waals surface area contributed by atoms with Gasteiger partial charge in [-0.2, -0.15) is 0 Å². The number of nitrogens with one attached hydrogen (secondary N) is 1. The molecule has 0 aliphatic carbocycles. The smallest absolute Gasteiger partial charge is 0.207 e. The van der Waals surface area contributed by atoms with Gasteiger partial charge in [0.25, 0.3) is 0 Å². The molecule has 0 rings (SSSR count). The van der Waals surface area contributed by atoms with Crippen LogP contribution in [-0.4, -0.2) is 13.0 Å². The molecule has 2 atom stereocenters. The fourth-order valence-electron chi connectivity index (χ4n) is 2.65. The summed E-state index contributed by atoms with van der Waals surface area (Å²) in [4.78, 5) is 10.3. The van der Waals surface area contributed by atoms with Crippen molar-refractivity contribution < 1.29 is 4.79 Å². The zero-order valence-corrected chi connectivity index (χ0v) is 15.0. The molecule has 0 aliphatic rings. The topological polar surface area (TPSA) is 29.1 Å². The summed E-state index contributed by atoms with van der Waals surface area (Å²) in [5, 5.41) is 2.73. The molecule has 0 fully saturated rings. The van der Waals surface area contributed by atoms with Crippen molar-refractivity contribution >= 4 is 6.41 Å². The fraction of sp³-hybridized carbons (Fsp3) is 0.650. The first kappa shape index (κ1) is 20.7. The van der Waals surface area contributed by atoms with Crippen LogP contribution in [0, 0.1) is 11.8 Å². The van der Waals surface area contributed by atoms with Crippen LogP contribution in [0.4, 0.5) is 0 Å². The van der Waals surface area contributed by atoms with Crippen LogP contribution in [-0.2, 0) is 4.79 Å². The largest absolute Gasteiger partial charge is 0.358 e. The molecular weight excluding hydrogens is 270 g/mol. The number of hydrogen-bond donors (Lipinski definition) is 1. The highest BCUT2D eigenvalue weighted by Gasteiger charge is 2.04. The average Bonchev–Trinajstić information content (AvgIpc) is 2.48. The van der Waals surface area contributed by atoms with Crippen LogP contribution in [0.2, 0.25) is 0 Å². The van der Waals surface area contributed by atoms with E-state index >= 15 is 0 Å². The molecule has 2 unspecified atom stereocenters. The van der Waals surface area contributed by atoms with Crippen LogP contribution in [0.5, 0.6) is 0 Å². The summed E-state index contributed by atoms with van der Waals surface area (Å²) in [6.45, 7) is 13.7. The second-order valence-electron chi connectivity index (χ2n) is 6.49. The predicted octanol–water partition coefficient (Wildman–Crippen LogP) is 5.42. The molecule has 2 nitrogen and oxygen atoms in total. The first-order valence-corrected chi connectivity index (χ1v) is 8.68. The highest BCUT2D eigenvalue weighted by atomic mass is 16.1. The summed E-state index contributed by atoms with van der Waals surface area (Å²) < 4.78 is 0. The summed E-state index contributed by atoms with van der Waals surface area (Å²) >= 11 is 0. The maximum Gasteiger partial charge on any atom is 0.207 e. The third kappa shape index (κ3) is 11.4. The Morgan fingerprint density at radius 1 is 1.23 bits per heavy atom. The number of hydrogen-bond acceptors (Lipinski definition) is 1. The van der Waals surface area contributed by atoms with Gasteiger partial charge in [0.05, 0.1) is 0 Å². The van der Waals surface area contributed by atoms with E-state index in [0.29, 0.717) is 5.92 Å². The molecular formula is C20H35NO. The Balaban J connectivity index is 4.06. The van der Waals surface area contributed by atoms with E-state index in [4.69, 9.17) is 0 Å². The van der Waals surface area contributed by atoms with Crippen molar-refractivity contribution in [2.24, 2.45) is 11.8 Å². The zero-order valence-electron chi connectivity index (χ0n) is 15.0. The van der Waals surface area contributed by atoms with Crippen molar-refractivity contribution in [1.82, 2.24) is 5.32 Å². The maximum atomic E-state index is 10.3. The SMILES string of the molecule is C=C(C/C=C\C(=C/C)CCC(C)CCC)CC(C)CNC=O. The minimum atomic E-state index is 0.446. The molecule has 0 saturated carbocycles. The standard InChI is InChI=1S/C20H35NO/c1-6-9-17(3)12-13-20(7-2)11-8-10-18(4)14-19(5)15-21-16-22/h7-8,11,16-17,19H,4,6,9-10,12-15H2,1-3,5H3,(H,21,22)/b11-8-,20-7+. The van der Waals surface area contributed by atoms with E-state index in [1.807, 2.05) is 0 Å². The first-order valence-electron chi connectivity index (χ1n) is 8.68. The Kier molecular flexibility index (Phi) is 12.6. The third-order valence-corrected chi connectivity index (χ3v) is 4.00. The van der Waals surface area contributed by atoms with Gasteiger partial charge in [-0.05, 0) is 44.4 Å². The second kappa shape index (κ2) is 13.4. The lowest BCUT2D eigenvalue weighted by atomic mass is 9.96. The van der Waals surface area contributed by atoms with Gasteiger partial charge in [-0.3, -0.25) is 4.79 Å². The third-order valence-electron chi connectivity index (χ3n) is 4.00. The number of amides is 1. The average molecular weight is 306 g/mol. The van der Waals surface area contributed by atoms with Gasteiger partial charge >= 0.3 is 0 Å². The van der Waals surface area contributed by atoms with Crippen molar-refractivity contribution in [2.75, 3.05) is 6.54 Å². The molecule has 126 valence electrons. The molecule has 0 radical (unpaired) electrons. The van der Waals surface area contributed by atoms with Crippen LogP contribution in [0.3, 0.4) is 0 Å². The van der Waals surface area contributed by atoms with Crippen LogP contribution in [0.15, 0.2) is 36.0 Å². The Hall–Kier alpha value is -1.31. The number of rotatable bonds is 13. The number of carbonyl (C=O) groups is 1. The first-order chi connectivity index (χ1) is 10.5. The van der Waals surface area contributed by atoms with Crippen molar-refractivity contribution in [1.29, 1.82) is 0 Å². The zero-order chi connectivity index (χ0) is 16.8. The minimum absolute atomic E-state index is 0.446. The molecule has 2 heteroatoms. The quantitative estimate of drug-likeness (QED) is 0.274. The van der Waals surface area contributed by atoms with Gasteiger partial charge in [0.1, 0.15) is 0 Å². The van der Waals surface area contributed by atoms with E-state index < -0.39 is 0 Å². The van der Waals surface area contributed by atoms with E-state index in [1.54, 1.807) is 0 Å². The summed E-state index contributed by atoms with van der Waals surface area (Å²) in [7, 11) is 0. The molecule has 0 heterocycles. The van der Waals surface area contributed by atoms with Gasteiger partial charge in [-0.25, -0.2) is 0 Å². The summed E-state index contributed by atoms with van der Waals surface area (Å²) in [6.07, 6.45) is 14.4. The predicted molar refractivity (Wildman–Crippen MR) is 97.8 cm³/mol. The van der Waals surface area contributed by atoms with Gasteiger partial charge in [-0.15, -0.1) is 0 Å². The normalized spacial score (nSPS) is 14.8. The van der Waals surface area contributed by atoms with Gasteiger partial charge in [0.2, 0.25) is 6.41 Å². The van der Waals surface area contributed by atoms with Gasteiger partial charge in [-0.1, -0.05) is 69.6 Å². The van der Waals surface area contributed by atoms with E-state index in [2.05, 4.69) is 57.8 Å². The van der Waals surface area contributed by atoms with Crippen LogP contribution >= 0.6 is 0 Å². The molecule has 1 amide bonds. The molecule has 1 N–H and O–H groups in total. The Morgan fingerprint density at radius 2 is 1.95 bits per heavy atom. The van der Waals surface area contributed by atoms with E-state index in [-0.39, 0.29) is 0 Å². The van der Waals surface area contributed by atoms with Gasteiger partial charge < -0.3 is 5.32 Å². The minimum Gasteiger partial charge on any atom is -0.358 e. The maximum absolute atomic E-state index is 10.3. The molecule has 0 aromatic heterocycles. The lowest BCUT2D eigenvalue weighted by Gasteiger charge is -2.12. The molecule has 22 heavy (non-hydrogen) atoms. The lowest BCUT2D eigenvalue weighted by molar-refractivity contribution is -0.109. The Bertz CT molecular complexity index is 368. The highest BCUT2D eigenvalue weighted by Crippen LogP contribution is 2.18. The van der Waals surface area contributed by atoms with Gasteiger partial charge in [0.15, 0.2) is 0 Å². The van der Waals surface area contributed by atoms with E-state index in [0.717, 1.165) is 31.7 Å². The molecule has 0 aromatic rings. The number of allylic oxidation sites excluding steroid dienone is 5. The van der Waals surface area contributed by atoms with E-state index in [1.165, 1.54) is 36.8 Å². The Labute approximate surface area is 137 Å². The molecule has 0 aromatic carbocycles. The molecule has 0 spiro atoms. The van der Waals surface area contributed by atoms with Crippen molar-refractivity contribution in [3.63, 3.8) is 0 Å². The monoisotopic (exact) mass is 305 g/mol. The van der Waals surface area contributed by atoms with Gasteiger partial charge in [0, 0.05) is 6.54 Å². The molecule has 0 saturated heterocycles. The van der Waals surface area contributed by atoms with Crippen molar-refractivity contribution in [3.05, 3.63) is 36.0 Å². The van der Waals surface area contributed by atoms with Crippen molar-refractivity contribution in [3.8, 4) is 0 Å². The van der Waals surface area contributed by atoms with Crippen LogP contribution in [0.25, 0.3) is 0 Å². The number of carbonyl (C=O) groups excluding carboxylic acids is 1. The highest BCUT2D eigenvalue weighted by molar-refractivity contribution is 5.45. The van der Waals surface area contributed by atoms with Crippen LogP contribution < -0.4 is 5.32 Å². The van der Waals surface area contributed by atoms with E-state index in [9.17, 15) is 4.79 Å².